The smallest absolute Gasteiger partial charge is 0.138 e. The van der Waals surface area contributed by atoms with Gasteiger partial charge in [-0.15, -0.1) is 0 Å². The Kier molecular flexibility index (Phi) is 6.10. The van der Waals surface area contributed by atoms with E-state index < -0.39 is 0 Å². The predicted octanol–water partition coefficient (Wildman–Crippen LogP) is 2.16. The lowest BCUT2D eigenvalue weighted by Crippen LogP contribution is -2.42. The number of hydrogen-bond donors (Lipinski definition) is 1. The van der Waals surface area contributed by atoms with Gasteiger partial charge in [0, 0.05) is 19.6 Å². The predicted molar refractivity (Wildman–Crippen MR) is 81.6 cm³/mol. The number of nitrogens with one attached hydrogen (secondary N) is 1. The van der Waals surface area contributed by atoms with Gasteiger partial charge in [0.2, 0.25) is 0 Å². The molecule has 4 nitrogen and oxygen atoms in total. The van der Waals surface area contributed by atoms with Crippen molar-refractivity contribution in [3.63, 3.8) is 0 Å². The van der Waals surface area contributed by atoms with E-state index in [-0.39, 0.29) is 6.10 Å². The first-order chi connectivity index (χ1) is 9.69. The minimum absolute atomic E-state index is 0.117. The third-order valence-corrected chi connectivity index (χ3v) is 3.64. The lowest BCUT2D eigenvalue weighted by atomic mass is 10.2. The van der Waals surface area contributed by atoms with Crippen LogP contribution in [0.4, 0.5) is 0 Å². The van der Waals surface area contributed by atoms with Crippen LogP contribution in [0.2, 0.25) is 5.02 Å². The van der Waals surface area contributed by atoms with Crippen molar-refractivity contribution in [1.29, 1.82) is 0 Å². The number of likely N-dealkylation sites (N-methyl/N-ethyl adjacent to an activating group) is 1. The molecule has 112 valence electrons. The highest BCUT2D eigenvalue weighted by Gasteiger charge is 2.18. The zero-order valence-corrected chi connectivity index (χ0v) is 12.9. The summed E-state index contributed by atoms with van der Waals surface area (Å²) in [6.45, 7) is 7.04. The van der Waals surface area contributed by atoms with E-state index in [4.69, 9.17) is 21.1 Å². The minimum atomic E-state index is 0.117. The third kappa shape index (κ3) is 4.63. The maximum absolute atomic E-state index is 6.25. The second-order valence-corrected chi connectivity index (χ2v) is 5.52. The van der Waals surface area contributed by atoms with Crippen molar-refractivity contribution in [1.82, 2.24) is 10.2 Å². The monoisotopic (exact) mass is 298 g/mol. The topological polar surface area (TPSA) is 33.7 Å². The molecule has 2 rings (SSSR count). The molecule has 1 aromatic carbocycles. The van der Waals surface area contributed by atoms with E-state index in [2.05, 4.69) is 24.2 Å². The van der Waals surface area contributed by atoms with Gasteiger partial charge in [0.15, 0.2) is 0 Å². The van der Waals surface area contributed by atoms with Crippen LogP contribution in [0.3, 0.4) is 0 Å². The summed E-state index contributed by atoms with van der Waals surface area (Å²) in [4.78, 5) is 2.25. The summed E-state index contributed by atoms with van der Waals surface area (Å²) in [6.07, 6.45) is 0.117. The van der Waals surface area contributed by atoms with Crippen LogP contribution >= 0.6 is 11.6 Å². The summed E-state index contributed by atoms with van der Waals surface area (Å²) in [5.41, 5.74) is 1.16. The molecule has 1 N–H and O–H groups in total. The summed E-state index contributed by atoms with van der Waals surface area (Å²) in [6, 6.07) is 5.92. The molecule has 1 unspecified atom stereocenters. The van der Waals surface area contributed by atoms with Crippen LogP contribution in [0.5, 0.6) is 5.75 Å². The Morgan fingerprint density at radius 2 is 2.35 bits per heavy atom. The van der Waals surface area contributed by atoms with Crippen LogP contribution in [0.1, 0.15) is 12.5 Å². The van der Waals surface area contributed by atoms with Crippen molar-refractivity contribution in [2.24, 2.45) is 0 Å². The van der Waals surface area contributed by atoms with E-state index in [1.54, 1.807) is 0 Å². The summed E-state index contributed by atoms with van der Waals surface area (Å²) in [5, 5.41) is 3.93. The molecule has 1 saturated heterocycles. The van der Waals surface area contributed by atoms with Gasteiger partial charge in [-0.1, -0.05) is 24.6 Å². The lowest BCUT2D eigenvalue weighted by Gasteiger charge is -2.29. The molecule has 1 heterocycles. The Bertz CT molecular complexity index is 428. The highest BCUT2D eigenvalue weighted by atomic mass is 35.5. The first-order valence-corrected chi connectivity index (χ1v) is 7.49. The molecule has 0 bridgehead atoms. The first kappa shape index (κ1) is 15.6. The quantitative estimate of drug-likeness (QED) is 0.873. The molecule has 0 aromatic heterocycles. The van der Waals surface area contributed by atoms with E-state index in [0.29, 0.717) is 11.6 Å². The maximum atomic E-state index is 6.25. The average Bonchev–Trinajstić information content (AvgIpc) is 2.44. The Morgan fingerprint density at radius 3 is 3.05 bits per heavy atom. The Hall–Kier alpha value is -0.810. The third-order valence-electron chi connectivity index (χ3n) is 3.34. The zero-order valence-electron chi connectivity index (χ0n) is 12.2. The number of hydrogen-bond acceptors (Lipinski definition) is 4. The maximum Gasteiger partial charge on any atom is 0.138 e. The molecule has 1 aromatic rings. The number of nitrogens with zero attached hydrogens (tertiary/aromatic N) is 1. The van der Waals surface area contributed by atoms with E-state index in [9.17, 15) is 0 Å². The van der Waals surface area contributed by atoms with Gasteiger partial charge < -0.3 is 19.7 Å². The molecule has 1 atom stereocenters. The molecule has 20 heavy (non-hydrogen) atoms. The summed E-state index contributed by atoms with van der Waals surface area (Å²) in [5.74, 6) is 0.726. The first-order valence-electron chi connectivity index (χ1n) is 7.11. The van der Waals surface area contributed by atoms with Gasteiger partial charge in [0.1, 0.15) is 18.5 Å². The van der Waals surface area contributed by atoms with E-state index in [1.807, 2.05) is 18.2 Å². The lowest BCUT2D eigenvalue weighted by molar-refractivity contribution is -0.0403. The van der Waals surface area contributed by atoms with Crippen molar-refractivity contribution in [3.05, 3.63) is 28.8 Å². The fourth-order valence-electron chi connectivity index (χ4n) is 2.19. The molecule has 0 aliphatic carbocycles. The van der Waals surface area contributed by atoms with Gasteiger partial charge in [-0.05, 0) is 31.3 Å². The van der Waals surface area contributed by atoms with Crippen molar-refractivity contribution < 1.29 is 9.47 Å². The Labute approximate surface area is 126 Å². The van der Waals surface area contributed by atoms with Gasteiger partial charge in [-0.2, -0.15) is 0 Å². The van der Waals surface area contributed by atoms with Crippen molar-refractivity contribution in [2.45, 2.75) is 19.6 Å². The normalized spacial score (nSPS) is 20.1. The second-order valence-electron chi connectivity index (χ2n) is 5.11. The molecule has 0 amide bonds. The molecule has 1 fully saturated rings. The number of benzene rings is 1. The van der Waals surface area contributed by atoms with E-state index in [1.165, 1.54) is 0 Å². The zero-order chi connectivity index (χ0) is 14.4. The fourth-order valence-corrected chi connectivity index (χ4v) is 2.45. The highest BCUT2D eigenvalue weighted by Crippen LogP contribution is 2.25. The molecular formula is C15H23ClN2O2. The highest BCUT2D eigenvalue weighted by molar-refractivity contribution is 6.32. The van der Waals surface area contributed by atoms with Crippen LogP contribution in [0.15, 0.2) is 18.2 Å². The standard InChI is InChI=1S/C15H23ClN2O2/c1-3-17-9-12-4-5-15(14(16)8-12)20-11-13-10-18(2)6-7-19-13/h4-5,8,13,17H,3,6-7,9-11H2,1-2H3. The molecule has 0 saturated carbocycles. The molecule has 1 aliphatic heterocycles. The summed E-state index contributed by atoms with van der Waals surface area (Å²) in [7, 11) is 2.10. The Morgan fingerprint density at radius 1 is 1.50 bits per heavy atom. The van der Waals surface area contributed by atoms with E-state index in [0.717, 1.165) is 44.1 Å². The van der Waals surface area contributed by atoms with Crippen LogP contribution in [-0.4, -0.2) is 50.9 Å². The van der Waals surface area contributed by atoms with Gasteiger partial charge in [0.05, 0.1) is 11.6 Å². The minimum Gasteiger partial charge on any atom is -0.489 e. The molecule has 1 aliphatic rings. The fraction of sp³-hybridized carbons (Fsp3) is 0.600. The van der Waals surface area contributed by atoms with Gasteiger partial charge in [-0.3, -0.25) is 0 Å². The van der Waals surface area contributed by atoms with Crippen molar-refractivity contribution in [2.75, 3.05) is 39.9 Å². The molecular weight excluding hydrogens is 276 g/mol. The number of rotatable bonds is 6. The van der Waals surface area contributed by atoms with Crippen LogP contribution in [0.25, 0.3) is 0 Å². The van der Waals surface area contributed by atoms with Gasteiger partial charge >= 0.3 is 0 Å². The van der Waals surface area contributed by atoms with Crippen LogP contribution in [-0.2, 0) is 11.3 Å². The largest absolute Gasteiger partial charge is 0.489 e. The Balaban J connectivity index is 1.86. The average molecular weight is 299 g/mol. The molecule has 0 spiro atoms. The molecule has 5 heteroatoms. The second kappa shape index (κ2) is 7.84. The summed E-state index contributed by atoms with van der Waals surface area (Å²) < 4.78 is 11.4. The summed E-state index contributed by atoms with van der Waals surface area (Å²) >= 11 is 6.25. The van der Waals surface area contributed by atoms with E-state index >= 15 is 0 Å². The van der Waals surface area contributed by atoms with Gasteiger partial charge in [0.25, 0.3) is 0 Å². The number of ether oxygens (including phenoxy) is 2. The van der Waals surface area contributed by atoms with Crippen LogP contribution in [0, 0.1) is 0 Å². The van der Waals surface area contributed by atoms with Crippen molar-refractivity contribution >= 4 is 11.6 Å². The SMILES string of the molecule is CCNCc1ccc(OCC2CN(C)CCO2)c(Cl)c1. The molecule has 0 radical (unpaired) electrons. The number of morpholine rings is 1. The van der Waals surface area contributed by atoms with Crippen molar-refractivity contribution in [3.8, 4) is 5.75 Å². The van der Waals surface area contributed by atoms with Gasteiger partial charge in [-0.25, -0.2) is 0 Å². The van der Waals surface area contributed by atoms with Crippen LogP contribution < -0.4 is 10.1 Å². The number of halogens is 1.